The van der Waals surface area contributed by atoms with Crippen LogP contribution < -0.4 is 10.1 Å². The first-order valence-electron chi connectivity index (χ1n) is 7.51. The maximum Gasteiger partial charge on any atom is 0.124 e. The summed E-state index contributed by atoms with van der Waals surface area (Å²) in [6.07, 6.45) is 3.72. The molecule has 1 aromatic carbocycles. The zero-order valence-electron chi connectivity index (χ0n) is 12.3. The smallest absolute Gasteiger partial charge is 0.124 e. The van der Waals surface area contributed by atoms with Crippen molar-refractivity contribution in [2.24, 2.45) is 0 Å². The number of fused-ring (bicyclic) bond motifs is 1. The van der Waals surface area contributed by atoms with E-state index < -0.39 is 0 Å². The Hall–Kier alpha value is -0.190. The van der Waals surface area contributed by atoms with Crippen molar-refractivity contribution in [3.63, 3.8) is 0 Å². The van der Waals surface area contributed by atoms with Crippen LogP contribution in [-0.4, -0.2) is 24.2 Å². The van der Waals surface area contributed by atoms with E-state index in [-0.39, 0.29) is 0 Å². The first-order chi connectivity index (χ1) is 9.74. The van der Waals surface area contributed by atoms with Crippen LogP contribution in [0, 0.1) is 0 Å². The number of ether oxygens (including phenoxy) is 1. The first-order valence-corrected chi connectivity index (χ1v) is 9.46. The van der Waals surface area contributed by atoms with E-state index in [2.05, 4.69) is 53.3 Å². The molecule has 0 fully saturated rings. The van der Waals surface area contributed by atoms with E-state index in [0.29, 0.717) is 12.1 Å². The standard InChI is InChI=1S/C16H24BrNOS/c1-3-8-18-15-11-13(7-9-20-4-2)19-16-6-5-12(17)10-14(15)16/h5-6,10,13,15,18H,3-4,7-9,11H2,1-2H3. The van der Waals surface area contributed by atoms with Crippen LogP contribution in [0.15, 0.2) is 22.7 Å². The van der Waals surface area contributed by atoms with Crippen molar-refractivity contribution < 1.29 is 4.74 Å². The average molecular weight is 358 g/mol. The Labute approximate surface area is 135 Å². The van der Waals surface area contributed by atoms with Crippen molar-refractivity contribution in [3.8, 4) is 5.75 Å². The lowest BCUT2D eigenvalue weighted by Gasteiger charge is -2.33. The molecule has 0 aliphatic carbocycles. The monoisotopic (exact) mass is 357 g/mol. The quantitative estimate of drug-likeness (QED) is 0.709. The van der Waals surface area contributed by atoms with Crippen molar-refractivity contribution in [1.29, 1.82) is 0 Å². The zero-order chi connectivity index (χ0) is 14.4. The Balaban J connectivity index is 2.07. The summed E-state index contributed by atoms with van der Waals surface area (Å²) < 4.78 is 7.30. The predicted molar refractivity (Wildman–Crippen MR) is 91.8 cm³/mol. The zero-order valence-corrected chi connectivity index (χ0v) is 14.7. The van der Waals surface area contributed by atoms with E-state index in [1.54, 1.807) is 0 Å². The molecule has 1 heterocycles. The maximum absolute atomic E-state index is 6.17. The number of hydrogen-bond acceptors (Lipinski definition) is 3. The predicted octanol–water partition coefficient (Wildman–Crippen LogP) is 4.78. The summed E-state index contributed by atoms with van der Waals surface area (Å²) in [5, 5.41) is 3.67. The third-order valence-corrected chi connectivity index (χ3v) is 4.99. The molecule has 0 saturated carbocycles. The van der Waals surface area contributed by atoms with E-state index in [1.165, 1.54) is 17.1 Å². The molecule has 0 bridgehead atoms. The minimum atomic E-state index is 0.345. The van der Waals surface area contributed by atoms with Gasteiger partial charge in [0.25, 0.3) is 0 Å². The fraction of sp³-hybridized carbons (Fsp3) is 0.625. The van der Waals surface area contributed by atoms with Crippen LogP contribution in [0.2, 0.25) is 0 Å². The lowest BCUT2D eigenvalue weighted by Crippen LogP contribution is -2.33. The first kappa shape index (κ1) is 16.2. The highest BCUT2D eigenvalue weighted by atomic mass is 79.9. The van der Waals surface area contributed by atoms with E-state index in [9.17, 15) is 0 Å². The molecule has 0 amide bonds. The molecule has 1 aliphatic rings. The highest BCUT2D eigenvalue weighted by molar-refractivity contribution is 9.10. The van der Waals surface area contributed by atoms with Crippen LogP contribution in [0.1, 0.15) is 44.7 Å². The van der Waals surface area contributed by atoms with Gasteiger partial charge in [-0.15, -0.1) is 0 Å². The molecule has 4 heteroatoms. The molecule has 0 spiro atoms. The molecule has 1 aliphatic heterocycles. The van der Waals surface area contributed by atoms with Crippen LogP contribution >= 0.6 is 27.7 Å². The summed E-state index contributed by atoms with van der Waals surface area (Å²) in [4.78, 5) is 0. The van der Waals surface area contributed by atoms with Gasteiger partial charge in [0.15, 0.2) is 0 Å². The van der Waals surface area contributed by atoms with Gasteiger partial charge in [-0.3, -0.25) is 0 Å². The van der Waals surface area contributed by atoms with Crippen molar-refractivity contribution in [1.82, 2.24) is 5.32 Å². The summed E-state index contributed by atoms with van der Waals surface area (Å²) in [7, 11) is 0. The Morgan fingerprint density at radius 3 is 3.00 bits per heavy atom. The van der Waals surface area contributed by atoms with Gasteiger partial charge >= 0.3 is 0 Å². The second-order valence-corrected chi connectivity index (χ2v) is 7.46. The molecule has 0 aromatic heterocycles. The summed E-state index contributed by atoms with van der Waals surface area (Å²) >= 11 is 5.56. The van der Waals surface area contributed by atoms with Gasteiger partial charge in [-0.05, 0) is 49.1 Å². The van der Waals surface area contributed by atoms with E-state index >= 15 is 0 Å². The average Bonchev–Trinajstić information content (AvgIpc) is 2.45. The van der Waals surface area contributed by atoms with Crippen molar-refractivity contribution in [2.45, 2.75) is 45.3 Å². The molecular weight excluding hydrogens is 334 g/mol. The summed E-state index contributed by atoms with van der Waals surface area (Å²) in [6, 6.07) is 6.78. The molecule has 0 radical (unpaired) electrons. The minimum Gasteiger partial charge on any atom is -0.490 e. The van der Waals surface area contributed by atoms with Gasteiger partial charge in [-0.2, -0.15) is 11.8 Å². The van der Waals surface area contributed by atoms with Crippen LogP contribution in [0.5, 0.6) is 5.75 Å². The summed E-state index contributed by atoms with van der Waals surface area (Å²) in [5.74, 6) is 3.43. The third-order valence-electron chi connectivity index (χ3n) is 3.57. The van der Waals surface area contributed by atoms with E-state index in [4.69, 9.17) is 4.74 Å². The molecule has 2 nitrogen and oxygen atoms in total. The fourth-order valence-electron chi connectivity index (χ4n) is 2.56. The van der Waals surface area contributed by atoms with E-state index in [1.807, 2.05) is 11.8 Å². The van der Waals surface area contributed by atoms with E-state index in [0.717, 1.165) is 36.0 Å². The van der Waals surface area contributed by atoms with Gasteiger partial charge < -0.3 is 10.1 Å². The Morgan fingerprint density at radius 2 is 2.25 bits per heavy atom. The SMILES string of the molecule is CCCNC1CC(CCSCC)Oc2ccc(Br)cc21. The molecule has 0 saturated heterocycles. The van der Waals surface area contributed by atoms with Gasteiger partial charge in [0.1, 0.15) is 11.9 Å². The van der Waals surface area contributed by atoms with Crippen molar-refractivity contribution in [2.75, 3.05) is 18.1 Å². The Kier molecular flexibility index (Phi) is 6.72. The number of rotatable bonds is 7. The lowest BCUT2D eigenvalue weighted by molar-refractivity contribution is 0.147. The van der Waals surface area contributed by atoms with Crippen molar-refractivity contribution in [3.05, 3.63) is 28.2 Å². The molecule has 1 N–H and O–H groups in total. The molecule has 112 valence electrons. The maximum atomic E-state index is 6.17. The number of halogens is 1. The lowest BCUT2D eigenvalue weighted by atomic mass is 9.95. The number of hydrogen-bond donors (Lipinski definition) is 1. The molecule has 20 heavy (non-hydrogen) atoms. The van der Waals surface area contributed by atoms with Crippen LogP contribution in [0.3, 0.4) is 0 Å². The summed E-state index contributed by atoms with van der Waals surface area (Å²) in [5.41, 5.74) is 1.30. The van der Waals surface area contributed by atoms with Gasteiger partial charge in [-0.1, -0.05) is 29.8 Å². The highest BCUT2D eigenvalue weighted by Crippen LogP contribution is 2.37. The van der Waals surface area contributed by atoms with Gasteiger partial charge in [0.2, 0.25) is 0 Å². The largest absolute Gasteiger partial charge is 0.490 e. The molecular formula is C16H24BrNOS. The second-order valence-electron chi connectivity index (χ2n) is 5.15. The van der Waals surface area contributed by atoms with Gasteiger partial charge in [0, 0.05) is 22.5 Å². The summed E-state index contributed by atoms with van der Waals surface area (Å²) in [6.45, 7) is 5.49. The molecule has 2 rings (SSSR count). The molecule has 1 aromatic rings. The van der Waals surface area contributed by atoms with Crippen molar-refractivity contribution >= 4 is 27.7 Å². The van der Waals surface area contributed by atoms with Crippen LogP contribution in [0.25, 0.3) is 0 Å². The Bertz CT molecular complexity index is 427. The van der Waals surface area contributed by atoms with Crippen LogP contribution in [-0.2, 0) is 0 Å². The topological polar surface area (TPSA) is 21.3 Å². The second kappa shape index (κ2) is 8.30. The number of thioether (sulfide) groups is 1. The number of nitrogens with one attached hydrogen (secondary N) is 1. The van der Waals surface area contributed by atoms with Crippen LogP contribution in [0.4, 0.5) is 0 Å². The molecule has 2 atom stereocenters. The number of benzene rings is 1. The Morgan fingerprint density at radius 1 is 1.40 bits per heavy atom. The fourth-order valence-corrected chi connectivity index (χ4v) is 3.66. The highest BCUT2D eigenvalue weighted by Gasteiger charge is 2.27. The minimum absolute atomic E-state index is 0.345. The normalized spacial score (nSPS) is 21.4. The van der Waals surface area contributed by atoms with Gasteiger partial charge in [-0.25, -0.2) is 0 Å². The van der Waals surface area contributed by atoms with Gasteiger partial charge in [0.05, 0.1) is 0 Å². The molecule has 2 unspecified atom stereocenters. The third kappa shape index (κ3) is 4.40.